The minimum absolute atomic E-state index is 0.150. The fraction of sp³-hybridized carbons (Fsp3) is 0.333. The molecule has 0 aliphatic carbocycles. The lowest BCUT2D eigenvalue weighted by molar-refractivity contribution is -0.113. The van der Waals surface area contributed by atoms with Crippen molar-refractivity contribution in [1.29, 1.82) is 0 Å². The van der Waals surface area contributed by atoms with Crippen molar-refractivity contribution in [1.82, 2.24) is 0 Å². The second kappa shape index (κ2) is 9.65. The topological polar surface area (TPSA) is 55.4 Å². The molecule has 0 saturated heterocycles. The van der Waals surface area contributed by atoms with Crippen molar-refractivity contribution < 1.29 is 14.3 Å². The standard InChI is InChI=1S/C18H19Cl2NO3S2/c1-4-24-18(23)12-8-14(10(2)3)26-17(12)21-16(22)9-25-15-7-11(19)5-6-13(15)20/h5-8,10H,4,9H2,1-3H3,(H,21,22). The molecule has 0 saturated carbocycles. The van der Waals surface area contributed by atoms with Crippen LogP contribution in [0.4, 0.5) is 5.00 Å². The Hall–Kier alpha value is -1.21. The summed E-state index contributed by atoms with van der Waals surface area (Å²) in [5.74, 6) is -0.263. The zero-order valence-corrected chi connectivity index (χ0v) is 17.7. The molecule has 1 N–H and O–H groups in total. The minimum atomic E-state index is -0.434. The van der Waals surface area contributed by atoms with Crippen molar-refractivity contribution in [2.24, 2.45) is 0 Å². The number of rotatable bonds is 7. The van der Waals surface area contributed by atoms with E-state index in [1.165, 1.54) is 23.1 Å². The number of nitrogens with one attached hydrogen (secondary N) is 1. The summed E-state index contributed by atoms with van der Waals surface area (Å²) < 4.78 is 5.08. The number of carbonyl (C=O) groups excluding carboxylic acids is 2. The molecular formula is C18H19Cl2NO3S2. The molecule has 0 atom stereocenters. The van der Waals surface area contributed by atoms with Gasteiger partial charge in [0.25, 0.3) is 0 Å². The third-order valence-corrected chi connectivity index (χ3v) is 6.40. The van der Waals surface area contributed by atoms with Gasteiger partial charge in [-0.2, -0.15) is 0 Å². The highest BCUT2D eigenvalue weighted by Crippen LogP contribution is 2.34. The minimum Gasteiger partial charge on any atom is -0.462 e. The van der Waals surface area contributed by atoms with Gasteiger partial charge in [0.05, 0.1) is 22.9 Å². The van der Waals surface area contributed by atoms with Gasteiger partial charge in [-0.1, -0.05) is 37.0 Å². The van der Waals surface area contributed by atoms with Crippen LogP contribution in [0.5, 0.6) is 0 Å². The highest BCUT2D eigenvalue weighted by Gasteiger charge is 2.20. The van der Waals surface area contributed by atoms with Crippen molar-refractivity contribution in [3.05, 3.63) is 44.8 Å². The second-order valence-electron chi connectivity index (χ2n) is 5.68. The fourth-order valence-electron chi connectivity index (χ4n) is 2.04. The van der Waals surface area contributed by atoms with E-state index in [0.717, 1.165) is 9.77 Å². The van der Waals surface area contributed by atoms with Gasteiger partial charge in [0.2, 0.25) is 5.91 Å². The van der Waals surface area contributed by atoms with Crippen molar-refractivity contribution in [2.75, 3.05) is 17.7 Å². The zero-order chi connectivity index (χ0) is 19.3. The number of anilines is 1. The smallest absolute Gasteiger partial charge is 0.341 e. The van der Waals surface area contributed by atoms with Crippen molar-refractivity contribution in [2.45, 2.75) is 31.6 Å². The van der Waals surface area contributed by atoms with E-state index in [9.17, 15) is 9.59 Å². The number of hydrogen-bond acceptors (Lipinski definition) is 5. The van der Waals surface area contributed by atoms with Gasteiger partial charge in [-0.25, -0.2) is 4.79 Å². The number of esters is 1. The molecule has 140 valence electrons. The van der Waals surface area contributed by atoms with Crippen molar-refractivity contribution >= 4 is 63.2 Å². The van der Waals surface area contributed by atoms with Gasteiger partial charge in [0.15, 0.2) is 0 Å². The summed E-state index contributed by atoms with van der Waals surface area (Å²) in [5, 5.41) is 4.42. The van der Waals surface area contributed by atoms with Crippen molar-refractivity contribution in [3.8, 4) is 0 Å². The summed E-state index contributed by atoms with van der Waals surface area (Å²) in [7, 11) is 0. The Kier molecular flexibility index (Phi) is 7.83. The molecule has 2 aromatic rings. The molecule has 0 fully saturated rings. The van der Waals surface area contributed by atoms with E-state index in [1.54, 1.807) is 31.2 Å². The molecule has 0 spiro atoms. The fourth-order valence-corrected chi connectivity index (χ4v) is 4.40. The number of halogens is 2. The second-order valence-corrected chi connectivity index (χ2v) is 8.62. The quantitative estimate of drug-likeness (QED) is 0.425. The summed E-state index contributed by atoms with van der Waals surface area (Å²) in [6.45, 7) is 6.09. The Balaban J connectivity index is 2.10. The van der Waals surface area contributed by atoms with Gasteiger partial charge >= 0.3 is 5.97 Å². The van der Waals surface area contributed by atoms with E-state index >= 15 is 0 Å². The summed E-state index contributed by atoms with van der Waals surface area (Å²) in [5.41, 5.74) is 0.389. The number of benzene rings is 1. The van der Waals surface area contributed by atoms with Crippen LogP contribution < -0.4 is 5.32 Å². The molecule has 1 aromatic carbocycles. The molecule has 1 heterocycles. The first-order valence-corrected chi connectivity index (χ1v) is 10.6. The molecule has 0 bridgehead atoms. The molecule has 0 aliphatic heterocycles. The van der Waals surface area contributed by atoms with Crippen LogP contribution in [0.2, 0.25) is 10.0 Å². The van der Waals surface area contributed by atoms with E-state index in [0.29, 0.717) is 20.6 Å². The summed E-state index contributed by atoms with van der Waals surface area (Å²) in [6.07, 6.45) is 0. The molecule has 26 heavy (non-hydrogen) atoms. The van der Waals surface area contributed by atoms with Crippen LogP contribution in [0.25, 0.3) is 0 Å². The van der Waals surface area contributed by atoms with Crippen LogP contribution in [-0.4, -0.2) is 24.2 Å². The Bertz CT molecular complexity index is 806. The van der Waals surface area contributed by atoms with Gasteiger partial charge in [-0.3, -0.25) is 4.79 Å². The highest BCUT2D eigenvalue weighted by molar-refractivity contribution is 8.00. The molecule has 4 nitrogen and oxygen atoms in total. The zero-order valence-electron chi connectivity index (χ0n) is 14.6. The lowest BCUT2D eigenvalue weighted by Gasteiger charge is -2.07. The summed E-state index contributed by atoms with van der Waals surface area (Å²) in [6, 6.07) is 6.88. The highest BCUT2D eigenvalue weighted by atomic mass is 35.5. The van der Waals surface area contributed by atoms with Gasteiger partial charge in [0.1, 0.15) is 5.00 Å². The average Bonchev–Trinajstić information content (AvgIpc) is 3.00. The van der Waals surface area contributed by atoms with Crippen LogP contribution in [-0.2, 0) is 9.53 Å². The third kappa shape index (κ3) is 5.64. The Morgan fingerprint density at radius 2 is 2.00 bits per heavy atom. The summed E-state index contributed by atoms with van der Waals surface area (Å²) in [4.78, 5) is 26.2. The normalized spacial score (nSPS) is 10.8. The lowest BCUT2D eigenvalue weighted by atomic mass is 10.1. The molecule has 2 rings (SSSR count). The predicted octanol–water partition coefficient (Wildman–Crippen LogP) is 6.09. The van der Waals surface area contributed by atoms with E-state index in [2.05, 4.69) is 5.32 Å². The van der Waals surface area contributed by atoms with E-state index in [-0.39, 0.29) is 24.2 Å². The largest absolute Gasteiger partial charge is 0.462 e. The van der Waals surface area contributed by atoms with Gasteiger partial charge in [0, 0.05) is 14.8 Å². The number of thioether (sulfide) groups is 1. The summed E-state index contributed by atoms with van der Waals surface area (Å²) >= 11 is 14.7. The maximum Gasteiger partial charge on any atom is 0.341 e. The number of ether oxygens (including phenoxy) is 1. The Morgan fingerprint density at radius 1 is 1.27 bits per heavy atom. The van der Waals surface area contributed by atoms with Crippen LogP contribution in [0.3, 0.4) is 0 Å². The first-order chi connectivity index (χ1) is 12.3. The first-order valence-electron chi connectivity index (χ1n) is 8.00. The van der Waals surface area contributed by atoms with Gasteiger partial charge < -0.3 is 10.1 Å². The molecule has 1 aromatic heterocycles. The van der Waals surface area contributed by atoms with E-state index in [4.69, 9.17) is 27.9 Å². The van der Waals surface area contributed by atoms with E-state index < -0.39 is 5.97 Å². The molecule has 0 unspecified atom stereocenters. The average molecular weight is 432 g/mol. The number of hydrogen-bond donors (Lipinski definition) is 1. The monoisotopic (exact) mass is 431 g/mol. The van der Waals surface area contributed by atoms with Crippen LogP contribution in [0.1, 0.15) is 41.9 Å². The molecule has 0 radical (unpaired) electrons. The predicted molar refractivity (Wildman–Crippen MR) is 110 cm³/mol. The SMILES string of the molecule is CCOC(=O)c1cc(C(C)C)sc1NC(=O)CSc1cc(Cl)ccc1Cl. The lowest BCUT2D eigenvalue weighted by Crippen LogP contribution is -2.15. The number of amides is 1. The van der Waals surface area contributed by atoms with Gasteiger partial charge in [-0.05, 0) is 37.1 Å². The van der Waals surface area contributed by atoms with E-state index in [1.807, 2.05) is 13.8 Å². The van der Waals surface area contributed by atoms with Crippen LogP contribution >= 0.6 is 46.3 Å². The third-order valence-electron chi connectivity index (χ3n) is 3.32. The molecular weight excluding hydrogens is 413 g/mol. The van der Waals surface area contributed by atoms with Crippen molar-refractivity contribution in [3.63, 3.8) is 0 Å². The number of carbonyl (C=O) groups is 2. The van der Waals surface area contributed by atoms with Gasteiger partial charge in [-0.15, -0.1) is 23.1 Å². The molecule has 1 amide bonds. The van der Waals surface area contributed by atoms with Crippen LogP contribution in [0, 0.1) is 0 Å². The Labute approximate surface area is 171 Å². The maximum absolute atomic E-state index is 12.3. The Morgan fingerprint density at radius 3 is 2.65 bits per heavy atom. The molecule has 0 aliphatic rings. The van der Waals surface area contributed by atoms with Crippen LogP contribution in [0.15, 0.2) is 29.2 Å². The first kappa shape index (κ1) is 21.1. The maximum atomic E-state index is 12.3. The number of thiophene rings is 1. The molecule has 8 heteroatoms.